The van der Waals surface area contributed by atoms with E-state index in [-0.39, 0.29) is 0 Å². The zero-order chi connectivity index (χ0) is 12.4. The van der Waals surface area contributed by atoms with E-state index in [1.54, 1.807) is 11.2 Å². The molecule has 2 heterocycles. The molecule has 2 rings (SSSR count). The van der Waals surface area contributed by atoms with Crippen LogP contribution in [-0.4, -0.2) is 43.6 Å². The van der Waals surface area contributed by atoms with Crippen molar-refractivity contribution in [3.63, 3.8) is 0 Å². The fourth-order valence-electron chi connectivity index (χ4n) is 1.92. The Balaban J connectivity index is 2.24. The van der Waals surface area contributed by atoms with Crippen LogP contribution in [-0.2, 0) is 17.8 Å². The summed E-state index contributed by atoms with van der Waals surface area (Å²) in [5.74, 6) is -0.876. The van der Waals surface area contributed by atoms with Gasteiger partial charge in [0.2, 0.25) is 0 Å². The smallest absolute Gasteiger partial charge is 0.326 e. The molecule has 17 heavy (non-hydrogen) atoms. The Labute approximate surface area is 104 Å². The first-order valence-electron chi connectivity index (χ1n) is 5.42. The van der Waals surface area contributed by atoms with Crippen molar-refractivity contribution in [1.82, 2.24) is 20.2 Å². The van der Waals surface area contributed by atoms with Crippen LogP contribution in [0.3, 0.4) is 0 Å². The molecule has 0 spiro atoms. The van der Waals surface area contributed by atoms with Gasteiger partial charge < -0.3 is 20.3 Å². The summed E-state index contributed by atoms with van der Waals surface area (Å²) < 4.78 is 0. The minimum Gasteiger partial charge on any atom is -0.480 e. The van der Waals surface area contributed by atoms with Crippen molar-refractivity contribution in [2.45, 2.75) is 25.9 Å². The molecule has 1 aliphatic rings. The van der Waals surface area contributed by atoms with Crippen molar-refractivity contribution in [2.24, 2.45) is 0 Å². The summed E-state index contributed by atoms with van der Waals surface area (Å²) in [7, 11) is 0. The number of nitrogens with zero attached hydrogens (tertiary/aromatic N) is 2. The predicted molar refractivity (Wildman–Crippen MR) is 65.5 cm³/mol. The van der Waals surface area contributed by atoms with E-state index in [4.69, 9.17) is 12.2 Å². The number of thiocarbonyl (C=S) groups is 1. The number of aromatic nitrogens is 2. The molecule has 1 aromatic heterocycles. The second-order valence-electron chi connectivity index (χ2n) is 3.85. The van der Waals surface area contributed by atoms with E-state index in [2.05, 4.69) is 15.3 Å². The number of imidazole rings is 1. The van der Waals surface area contributed by atoms with Crippen LogP contribution in [0.25, 0.3) is 0 Å². The number of hydrogen-bond donors (Lipinski definition) is 3. The van der Waals surface area contributed by atoms with Crippen LogP contribution in [0.15, 0.2) is 6.33 Å². The van der Waals surface area contributed by atoms with Crippen LogP contribution in [0.4, 0.5) is 0 Å². The molecule has 1 unspecified atom stereocenters. The van der Waals surface area contributed by atoms with Gasteiger partial charge in [0.25, 0.3) is 0 Å². The molecule has 6 nitrogen and oxygen atoms in total. The fourth-order valence-corrected chi connectivity index (χ4v) is 2.26. The highest BCUT2D eigenvalue weighted by Crippen LogP contribution is 2.20. The molecule has 1 aromatic rings. The molecule has 1 aliphatic heterocycles. The fraction of sp³-hybridized carbons (Fsp3) is 0.500. The highest BCUT2D eigenvalue weighted by atomic mass is 32.1. The molecule has 0 fully saturated rings. The zero-order valence-corrected chi connectivity index (χ0v) is 10.3. The zero-order valence-electron chi connectivity index (χ0n) is 9.43. The molecule has 0 saturated heterocycles. The Morgan fingerprint density at radius 3 is 3.24 bits per heavy atom. The summed E-state index contributed by atoms with van der Waals surface area (Å²) in [5, 5.41) is 12.7. The van der Waals surface area contributed by atoms with Crippen molar-refractivity contribution in [3.05, 3.63) is 17.7 Å². The average molecular weight is 254 g/mol. The van der Waals surface area contributed by atoms with Gasteiger partial charge in [-0.3, -0.25) is 0 Å². The highest BCUT2D eigenvalue weighted by Gasteiger charge is 2.34. The molecule has 0 radical (unpaired) electrons. The summed E-state index contributed by atoms with van der Waals surface area (Å²) in [5.41, 5.74) is 1.75. The van der Waals surface area contributed by atoms with Crippen molar-refractivity contribution >= 4 is 23.3 Å². The maximum atomic E-state index is 11.2. The maximum absolute atomic E-state index is 11.2. The van der Waals surface area contributed by atoms with Crippen LogP contribution < -0.4 is 5.32 Å². The van der Waals surface area contributed by atoms with Crippen LogP contribution in [0.2, 0.25) is 0 Å². The summed E-state index contributed by atoms with van der Waals surface area (Å²) in [6, 6.07) is -0.641. The van der Waals surface area contributed by atoms with Crippen molar-refractivity contribution in [2.75, 3.05) is 6.54 Å². The number of carbonyl (C=O) groups is 1. The average Bonchev–Trinajstić information content (AvgIpc) is 2.74. The molecule has 1 atom stereocenters. The van der Waals surface area contributed by atoms with Crippen molar-refractivity contribution < 1.29 is 9.90 Å². The largest absolute Gasteiger partial charge is 0.480 e. The lowest BCUT2D eigenvalue weighted by molar-refractivity contribution is -0.142. The topological polar surface area (TPSA) is 81.2 Å². The van der Waals surface area contributed by atoms with Gasteiger partial charge in [-0.2, -0.15) is 0 Å². The van der Waals surface area contributed by atoms with Gasteiger partial charge in [-0.05, 0) is 19.1 Å². The highest BCUT2D eigenvalue weighted by molar-refractivity contribution is 7.80. The second kappa shape index (κ2) is 4.70. The third-order valence-electron chi connectivity index (χ3n) is 2.77. The van der Waals surface area contributed by atoms with Crippen LogP contribution >= 0.6 is 12.2 Å². The number of aromatic amines is 1. The van der Waals surface area contributed by atoms with Crippen LogP contribution in [0, 0.1) is 0 Å². The normalized spacial score (nSPS) is 18.6. The number of rotatable bonds is 2. The molecule has 0 bridgehead atoms. The van der Waals surface area contributed by atoms with E-state index in [9.17, 15) is 9.90 Å². The third-order valence-corrected chi connectivity index (χ3v) is 3.15. The van der Waals surface area contributed by atoms with Crippen LogP contribution in [0.5, 0.6) is 0 Å². The minimum atomic E-state index is -0.876. The van der Waals surface area contributed by atoms with Crippen molar-refractivity contribution in [3.8, 4) is 0 Å². The number of carboxylic acid groups (broad SMARTS) is 1. The van der Waals surface area contributed by atoms with Gasteiger partial charge in [-0.25, -0.2) is 9.78 Å². The quantitative estimate of drug-likeness (QED) is 0.650. The third kappa shape index (κ3) is 2.23. The van der Waals surface area contributed by atoms with Gasteiger partial charge in [-0.15, -0.1) is 0 Å². The molecule has 0 amide bonds. The molecule has 92 valence electrons. The Kier molecular flexibility index (Phi) is 3.28. The Hall–Kier alpha value is -1.63. The molecule has 0 aliphatic carbocycles. The standard InChI is InChI=1S/C10H14N4O2S/c1-2-11-10(17)14-4-7-6(12-5-13-7)3-8(14)9(15)16/h5,8H,2-4H2,1H3,(H,11,17)(H,12,13)(H,15,16). The van der Waals surface area contributed by atoms with Gasteiger partial charge in [0.15, 0.2) is 5.11 Å². The first-order valence-corrected chi connectivity index (χ1v) is 5.82. The van der Waals surface area contributed by atoms with Gasteiger partial charge in [0.1, 0.15) is 6.04 Å². The second-order valence-corrected chi connectivity index (χ2v) is 4.24. The maximum Gasteiger partial charge on any atom is 0.326 e. The van der Waals surface area contributed by atoms with E-state index < -0.39 is 12.0 Å². The monoisotopic (exact) mass is 254 g/mol. The van der Waals surface area contributed by atoms with Gasteiger partial charge in [0.05, 0.1) is 24.3 Å². The Morgan fingerprint density at radius 1 is 1.82 bits per heavy atom. The molecule has 0 saturated carbocycles. The minimum absolute atomic E-state index is 0.375. The number of aliphatic carboxylic acids is 1. The van der Waals surface area contributed by atoms with E-state index in [1.165, 1.54) is 0 Å². The summed E-state index contributed by atoms with van der Waals surface area (Å²) in [6.07, 6.45) is 1.96. The van der Waals surface area contributed by atoms with Gasteiger partial charge in [0, 0.05) is 13.0 Å². The number of hydrogen-bond acceptors (Lipinski definition) is 3. The lowest BCUT2D eigenvalue weighted by Crippen LogP contribution is -2.52. The molecule has 7 heteroatoms. The van der Waals surface area contributed by atoms with Gasteiger partial charge >= 0.3 is 5.97 Å². The Bertz CT molecular complexity index is 445. The summed E-state index contributed by atoms with van der Waals surface area (Å²) >= 11 is 5.19. The number of nitrogens with one attached hydrogen (secondary N) is 2. The number of fused-ring (bicyclic) bond motifs is 1. The Morgan fingerprint density at radius 2 is 2.59 bits per heavy atom. The van der Waals surface area contributed by atoms with Crippen LogP contribution in [0.1, 0.15) is 18.3 Å². The SMILES string of the molecule is CCNC(=S)N1Cc2[nH]cnc2CC1C(=O)O. The van der Waals surface area contributed by atoms with E-state index in [0.717, 1.165) is 11.4 Å². The predicted octanol–water partition coefficient (Wildman–Crippen LogP) is 0.115. The van der Waals surface area contributed by atoms with E-state index >= 15 is 0 Å². The molecular weight excluding hydrogens is 240 g/mol. The summed E-state index contributed by atoms with van der Waals surface area (Å²) in [6.45, 7) is 3.06. The van der Waals surface area contributed by atoms with Gasteiger partial charge in [-0.1, -0.05) is 0 Å². The molecule has 0 aromatic carbocycles. The number of carboxylic acids is 1. The lowest BCUT2D eigenvalue weighted by Gasteiger charge is -2.34. The van der Waals surface area contributed by atoms with E-state index in [1.807, 2.05) is 6.92 Å². The van der Waals surface area contributed by atoms with E-state index in [0.29, 0.717) is 24.6 Å². The molecule has 3 N–H and O–H groups in total. The lowest BCUT2D eigenvalue weighted by atomic mass is 10.0. The molecular formula is C10H14N4O2S. The first-order chi connectivity index (χ1) is 8.13. The van der Waals surface area contributed by atoms with Crippen molar-refractivity contribution in [1.29, 1.82) is 0 Å². The number of H-pyrrole nitrogens is 1. The summed E-state index contributed by atoms with van der Waals surface area (Å²) in [4.78, 5) is 20.1. The first kappa shape index (κ1) is 11.8.